The summed E-state index contributed by atoms with van der Waals surface area (Å²) in [7, 11) is 0. The molecule has 0 fully saturated rings. The molecular formula is C42H32Cl6N8O6. The van der Waals surface area contributed by atoms with Gasteiger partial charge in [-0.25, -0.2) is 0 Å². The molecule has 4 amide bonds. The largest absolute Gasteiger partial charge is 0.322 e. The molecule has 62 heavy (non-hydrogen) atoms. The molecule has 5 rings (SSSR count). The highest BCUT2D eigenvalue weighted by molar-refractivity contribution is 6.46. The maximum atomic E-state index is 13.3. The van der Waals surface area contributed by atoms with Crippen molar-refractivity contribution in [1.82, 2.24) is 0 Å². The van der Waals surface area contributed by atoms with Crippen molar-refractivity contribution in [2.24, 2.45) is 20.5 Å². The van der Waals surface area contributed by atoms with Crippen LogP contribution >= 0.6 is 69.6 Å². The molecule has 0 aromatic heterocycles. The van der Waals surface area contributed by atoms with E-state index >= 15 is 0 Å². The first kappa shape index (κ1) is 47.3. The number of hydrogen-bond donors (Lipinski definition) is 4. The Kier molecular flexibility index (Phi) is 16.7. The Balaban J connectivity index is 1.26. The lowest BCUT2D eigenvalue weighted by atomic mass is 10.1. The van der Waals surface area contributed by atoms with Crippen molar-refractivity contribution in [3.63, 3.8) is 0 Å². The molecule has 5 aromatic rings. The lowest BCUT2D eigenvalue weighted by Crippen LogP contribution is -2.32. The van der Waals surface area contributed by atoms with Crippen LogP contribution in [0.15, 0.2) is 118 Å². The molecule has 2 atom stereocenters. The highest BCUT2D eigenvalue weighted by atomic mass is 35.5. The van der Waals surface area contributed by atoms with Gasteiger partial charge in [0.15, 0.2) is 11.6 Å². The van der Waals surface area contributed by atoms with Gasteiger partial charge in [0.25, 0.3) is 23.6 Å². The lowest BCUT2D eigenvalue weighted by molar-refractivity contribution is -0.127. The Morgan fingerprint density at radius 3 is 1.26 bits per heavy atom. The number of anilines is 4. The Bertz CT molecular complexity index is 2460. The highest BCUT2D eigenvalue weighted by Crippen LogP contribution is 2.37. The number of hydrogen-bond acceptors (Lipinski definition) is 10. The predicted octanol–water partition coefficient (Wildman–Crippen LogP) is 11.6. The molecule has 0 aliphatic carbocycles. The van der Waals surface area contributed by atoms with Crippen molar-refractivity contribution < 1.29 is 28.8 Å². The van der Waals surface area contributed by atoms with Crippen molar-refractivity contribution in [3.05, 3.63) is 139 Å². The first-order chi connectivity index (χ1) is 29.5. The van der Waals surface area contributed by atoms with Crippen LogP contribution in [0.25, 0.3) is 0 Å². The fourth-order valence-electron chi connectivity index (χ4n) is 5.43. The van der Waals surface area contributed by atoms with E-state index in [1.807, 2.05) is 0 Å². The smallest absolute Gasteiger partial charge is 0.258 e. The molecule has 0 spiro atoms. The van der Waals surface area contributed by atoms with Crippen LogP contribution in [0, 0.1) is 0 Å². The average molecular weight is 957 g/mol. The minimum absolute atomic E-state index is 0.0589. The number of amides is 4. The van der Waals surface area contributed by atoms with Crippen molar-refractivity contribution in [1.29, 1.82) is 0 Å². The quantitative estimate of drug-likeness (QED) is 0.0431. The molecule has 318 valence electrons. The van der Waals surface area contributed by atoms with Crippen LogP contribution in [0.5, 0.6) is 0 Å². The van der Waals surface area contributed by atoms with Crippen molar-refractivity contribution in [3.8, 4) is 0 Å². The van der Waals surface area contributed by atoms with Gasteiger partial charge < -0.3 is 21.3 Å². The number of halogens is 6. The molecule has 5 aromatic carbocycles. The Morgan fingerprint density at radius 1 is 0.516 bits per heavy atom. The summed E-state index contributed by atoms with van der Waals surface area (Å²) in [5.74, 6) is -3.76. The first-order valence-corrected chi connectivity index (χ1v) is 20.6. The number of nitrogens with one attached hydrogen (secondary N) is 4. The lowest BCUT2D eigenvalue weighted by Gasteiger charge is -2.15. The zero-order valence-electron chi connectivity index (χ0n) is 32.3. The number of azo groups is 2. The number of carbonyl (C=O) groups is 6. The van der Waals surface area contributed by atoms with Crippen molar-refractivity contribution >= 4 is 139 Å². The zero-order chi connectivity index (χ0) is 45.1. The number of alkyl halides is 2. The van der Waals surface area contributed by atoms with E-state index in [1.54, 1.807) is 48.5 Å². The summed E-state index contributed by atoms with van der Waals surface area (Å²) in [6, 6.07) is 21.4. The second-order valence-corrected chi connectivity index (χ2v) is 15.4. The van der Waals surface area contributed by atoms with E-state index in [0.29, 0.717) is 11.4 Å². The van der Waals surface area contributed by atoms with E-state index in [2.05, 4.69) is 41.7 Å². The number of benzene rings is 5. The maximum absolute atomic E-state index is 13.3. The Labute approximate surface area is 384 Å². The molecule has 0 aliphatic rings. The van der Waals surface area contributed by atoms with E-state index in [1.165, 1.54) is 48.5 Å². The topological polar surface area (TPSA) is 200 Å². The van der Waals surface area contributed by atoms with Gasteiger partial charge in [-0.15, -0.1) is 23.2 Å². The standard InChI is InChI=1S/C42H32Cl6N8O6/c1-21(57)37(55-53-31-15-25(13-27(45)17-31)39(59)49-29-7-3-5-23(11-29)19-43)41(61)51-33-9-10-34(36(48)35(33)47)52-42(62)38(22(2)58)56-54-32-16-26(14-28(46)18-32)40(60)50-30-8-4-6-24(12-30)20-44/h3-18,37-38H,19-20H2,1-2H3,(H,49,59)(H,50,60)(H,51,61)(H,52,62). The second kappa shape index (κ2) is 21.9. The number of Topliss-reactive ketones (excluding diaryl/α,β-unsaturated/α-hetero) is 2. The molecule has 0 aliphatic heterocycles. The van der Waals surface area contributed by atoms with Gasteiger partial charge in [-0.3, -0.25) is 28.8 Å². The summed E-state index contributed by atoms with van der Waals surface area (Å²) in [4.78, 5) is 77.6. The zero-order valence-corrected chi connectivity index (χ0v) is 36.8. The van der Waals surface area contributed by atoms with Gasteiger partial charge in [0.1, 0.15) is 0 Å². The average Bonchev–Trinajstić information content (AvgIpc) is 3.23. The summed E-state index contributed by atoms with van der Waals surface area (Å²) >= 11 is 37.2. The first-order valence-electron chi connectivity index (χ1n) is 18.0. The summed E-state index contributed by atoms with van der Waals surface area (Å²) in [6.45, 7) is 2.24. The fraction of sp³-hybridized carbons (Fsp3) is 0.143. The Morgan fingerprint density at radius 2 is 0.903 bits per heavy atom. The third-order valence-electron chi connectivity index (χ3n) is 8.41. The molecule has 0 bridgehead atoms. The molecular weight excluding hydrogens is 925 g/mol. The van der Waals surface area contributed by atoms with E-state index in [0.717, 1.165) is 25.0 Å². The van der Waals surface area contributed by atoms with Gasteiger partial charge in [0.05, 0.1) is 32.8 Å². The van der Waals surface area contributed by atoms with Crippen LogP contribution in [0.2, 0.25) is 20.1 Å². The maximum Gasteiger partial charge on any atom is 0.258 e. The summed E-state index contributed by atoms with van der Waals surface area (Å²) in [6.07, 6.45) is 0. The minimum Gasteiger partial charge on any atom is -0.322 e. The van der Waals surface area contributed by atoms with Gasteiger partial charge in [-0.05, 0) is 97.8 Å². The van der Waals surface area contributed by atoms with E-state index in [9.17, 15) is 28.8 Å². The highest BCUT2D eigenvalue weighted by Gasteiger charge is 2.27. The summed E-state index contributed by atoms with van der Waals surface area (Å²) in [5, 5.41) is 26.0. The van der Waals surface area contributed by atoms with Crippen molar-refractivity contribution in [2.75, 3.05) is 21.3 Å². The minimum atomic E-state index is -1.67. The molecule has 0 heterocycles. The molecule has 2 unspecified atom stereocenters. The SMILES string of the molecule is CC(=O)C(N=Nc1cc(Cl)cc(C(=O)Nc2cccc(CCl)c2)c1)C(=O)Nc1ccc(NC(=O)C(N=Nc2cc(Cl)cc(C(=O)Nc3cccc(CCl)c3)c2)C(C)=O)c(Cl)c1Cl. The Hall–Kier alpha value is -5.74. The monoisotopic (exact) mass is 954 g/mol. The van der Waals surface area contributed by atoms with Crippen LogP contribution < -0.4 is 21.3 Å². The van der Waals surface area contributed by atoms with Gasteiger partial charge in [-0.2, -0.15) is 20.5 Å². The predicted molar refractivity (Wildman–Crippen MR) is 242 cm³/mol. The normalized spacial score (nSPS) is 12.1. The fourth-order valence-corrected chi connectivity index (χ4v) is 6.64. The van der Waals surface area contributed by atoms with Crippen molar-refractivity contribution in [2.45, 2.75) is 37.7 Å². The van der Waals surface area contributed by atoms with Gasteiger partial charge in [0, 0.05) is 44.3 Å². The molecule has 0 radical (unpaired) electrons. The molecule has 20 heteroatoms. The van der Waals surface area contributed by atoms with Gasteiger partial charge in [-0.1, -0.05) is 70.7 Å². The molecule has 14 nitrogen and oxygen atoms in total. The third kappa shape index (κ3) is 12.9. The van der Waals surface area contributed by atoms with Crippen LogP contribution in [-0.2, 0) is 30.9 Å². The molecule has 0 saturated heterocycles. The van der Waals surface area contributed by atoms with Crippen LogP contribution in [0.3, 0.4) is 0 Å². The van der Waals surface area contributed by atoms with E-state index in [4.69, 9.17) is 69.6 Å². The molecule has 0 saturated carbocycles. The number of ketones is 2. The number of rotatable bonds is 16. The molecule has 4 N–H and O–H groups in total. The summed E-state index contributed by atoms with van der Waals surface area (Å²) in [5.41, 5.74) is 2.88. The number of carbonyl (C=O) groups excluding carboxylic acids is 6. The van der Waals surface area contributed by atoms with Gasteiger partial charge in [0.2, 0.25) is 12.1 Å². The van der Waals surface area contributed by atoms with Gasteiger partial charge >= 0.3 is 0 Å². The summed E-state index contributed by atoms with van der Waals surface area (Å²) < 4.78 is 0. The van der Waals surface area contributed by atoms with Crippen LogP contribution in [-0.4, -0.2) is 47.3 Å². The number of nitrogens with zero attached hydrogens (tertiary/aromatic N) is 4. The second-order valence-electron chi connectivity index (χ2n) is 13.2. The van der Waals surface area contributed by atoms with Crippen LogP contribution in [0.4, 0.5) is 34.1 Å². The van der Waals surface area contributed by atoms with Crippen LogP contribution in [0.1, 0.15) is 45.7 Å². The van der Waals surface area contributed by atoms with E-state index < -0.39 is 47.3 Å². The third-order valence-corrected chi connectivity index (χ3v) is 10.3. The van der Waals surface area contributed by atoms with E-state index in [-0.39, 0.29) is 65.7 Å².